The Balaban J connectivity index is 2.44. The second-order valence-electron chi connectivity index (χ2n) is 6.14. The van der Waals surface area contributed by atoms with Crippen molar-refractivity contribution in [3.63, 3.8) is 0 Å². The van der Waals surface area contributed by atoms with E-state index in [4.69, 9.17) is 9.47 Å². The number of benzene rings is 2. The lowest BCUT2D eigenvalue weighted by Gasteiger charge is -2.15. The average Bonchev–Trinajstić information content (AvgIpc) is 2.78. The lowest BCUT2D eigenvalue weighted by molar-refractivity contribution is -0.570. The van der Waals surface area contributed by atoms with Crippen LogP contribution in [0.1, 0.15) is 0 Å². The topological polar surface area (TPSA) is 88.8 Å². The molecule has 2 aromatic carbocycles. The van der Waals surface area contributed by atoms with Crippen LogP contribution in [0.25, 0.3) is 27.7 Å². The molecule has 0 spiro atoms. The highest BCUT2D eigenvalue weighted by Gasteiger charge is 2.32. The third-order valence-electron chi connectivity index (χ3n) is 4.48. The second kappa shape index (κ2) is 8.96. The lowest BCUT2D eigenvalue weighted by atomic mass is 10.1. The summed E-state index contributed by atoms with van der Waals surface area (Å²) >= 11 is 3.60. The van der Waals surface area contributed by atoms with Crippen molar-refractivity contribution in [2.75, 3.05) is 21.3 Å². The fraction of sp³-hybridized carbons (Fsp3) is 0.136. The predicted octanol–water partition coefficient (Wildman–Crippen LogP) is 2.44. The Morgan fingerprint density at radius 3 is 2.17 bits per heavy atom. The summed E-state index contributed by atoms with van der Waals surface area (Å²) in [6.45, 7) is 0. The summed E-state index contributed by atoms with van der Waals surface area (Å²) in [6, 6.07) is 14.5. The molecule has 0 N–H and O–H groups in total. The number of nitrogens with zero attached hydrogens (tertiary/aromatic N) is 1. The van der Waals surface area contributed by atoms with Crippen molar-refractivity contribution in [3.05, 3.63) is 65.0 Å². The van der Waals surface area contributed by atoms with E-state index < -0.39 is 23.4 Å². The fourth-order valence-electron chi connectivity index (χ4n) is 3.02. The van der Waals surface area contributed by atoms with Crippen LogP contribution in [0.3, 0.4) is 0 Å². The highest BCUT2D eigenvalue weighted by Crippen LogP contribution is 2.33. The predicted molar refractivity (Wildman–Crippen MR) is 111 cm³/mol. The minimum Gasteiger partial charge on any atom is -0.863 e. The highest BCUT2D eigenvalue weighted by molar-refractivity contribution is 9.10. The van der Waals surface area contributed by atoms with Gasteiger partial charge >= 0.3 is 11.9 Å². The van der Waals surface area contributed by atoms with E-state index in [1.807, 2.05) is 24.3 Å². The Morgan fingerprint density at radius 2 is 1.57 bits per heavy atom. The Morgan fingerprint density at radius 1 is 0.933 bits per heavy atom. The number of carbonyl (C=O) groups is 2. The van der Waals surface area contributed by atoms with Gasteiger partial charge in [0, 0.05) is 16.3 Å². The normalized spacial score (nSPS) is 11.6. The molecule has 1 heterocycles. The number of methoxy groups -OCH3 is 3. The summed E-state index contributed by atoms with van der Waals surface area (Å²) in [5.41, 5.74) is 0.670. The Kier molecular flexibility index (Phi) is 6.37. The second-order valence-corrected chi connectivity index (χ2v) is 6.93. The molecule has 30 heavy (non-hydrogen) atoms. The van der Waals surface area contributed by atoms with Gasteiger partial charge in [-0.2, -0.15) is 4.57 Å². The first-order chi connectivity index (χ1) is 14.4. The van der Waals surface area contributed by atoms with Crippen molar-refractivity contribution < 1.29 is 33.5 Å². The number of hydrogen-bond acceptors (Lipinski definition) is 6. The van der Waals surface area contributed by atoms with E-state index in [2.05, 4.69) is 20.7 Å². The summed E-state index contributed by atoms with van der Waals surface area (Å²) in [7, 11) is 3.76. The number of pyridine rings is 1. The van der Waals surface area contributed by atoms with Crippen LogP contribution in [0.2, 0.25) is 0 Å². The molecule has 0 unspecified atom stereocenters. The van der Waals surface area contributed by atoms with Crippen LogP contribution in [0.15, 0.2) is 65.0 Å². The fourth-order valence-corrected chi connectivity index (χ4v) is 3.80. The van der Waals surface area contributed by atoms with Crippen LogP contribution >= 0.6 is 15.9 Å². The highest BCUT2D eigenvalue weighted by atomic mass is 79.9. The van der Waals surface area contributed by atoms with E-state index in [1.54, 1.807) is 37.6 Å². The molecule has 1 aromatic heterocycles. The molecule has 8 heteroatoms. The molecule has 0 atom stereocenters. The summed E-state index contributed by atoms with van der Waals surface area (Å²) in [5, 5.41) is 14.3. The number of aromatic nitrogens is 1. The van der Waals surface area contributed by atoms with Gasteiger partial charge in [0.25, 0.3) is 5.70 Å². The third kappa shape index (κ3) is 3.86. The van der Waals surface area contributed by atoms with Crippen molar-refractivity contribution in [2.45, 2.75) is 0 Å². The number of halogens is 1. The van der Waals surface area contributed by atoms with Gasteiger partial charge in [0.05, 0.1) is 31.6 Å². The van der Waals surface area contributed by atoms with Gasteiger partial charge in [-0.25, -0.2) is 9.59 Å². The number of hydrogen-bond donors (Lipinski definition) is 0. The standard InChI is InChI=1S/C22H18BrNO6/c1-28-15-10-8-13(9-11-15)18-17(23)16-7-5-4-6-14(16)12-24(18)19(21(26)29-2)20(25)22(27)30-3/h4-12H,1-3H3. The summed E-state index contributed by atoms with van der Waals surface area (Å²) in [5.74, 6) is -2.61. The maximum Gasteiger partial charge on any atom is 0.403 e. The van der Waals surface area contributed by atoms with Crippen molar-refractivity contribution >= 4 is 44.3 Å². The van der Waals surface area contributed by atoms with Gasteiger partial charge in [-0.05, 0) is 46.3 Å². The smallest absolute Gasteiger partial charge is 0.403 e. The van der Waals surface area contributed by atoms with Crippen molar-refractivity contribution in [2.24, 2.45) is 0 Å². The molecule has 0 amide bonds. The molecule has 0 fully saturated rings. The van der Waals surface area contributed by atoms with E-state index >= 15 is 0 Å². The van der Waals surface area contributed by atoms with Crippen LogP contribution in [-0.4, -0.2) is 33.3 Å². The summed E-state index contributed by atoms with van der Waals surface area (Å²) in [4.78, 5) is 24.5. The van der Waals surface area contributed by atoms with Crippen molar-refractivity contribution in [1.82, 2.24) is 0 Å². The SMILES string of the molecule is COC(=O)/C([O-])=C(\C(=O)OC)[n+]1cc2ccccc2c(Br)c1-c1ccc(OC)cc1. The molecule has 0 saturated heterocycles. The Hall–Kier alpha value is -3.39. The van der Waals surface area contributed by atoms with Crippen molar-refractivity contribution in [3.8, 4) is 17.0 Å². The number of carbonyl (C=O) groups excluding carboxylic acids is 2. The zero-order chi connectivity index (χ0) is 21.8. The van der Waals surface area contributed by atoms with Gasteiger partial charge in [-0.15, -0.1) is 0 Å². The van der Waals surface area contributed by atoms with Crippen LogP contribution < -0.4 is 14.4 Å². The third-order valence-corrected chi connectivity index (χ3v) is 5.29. The molecule has 0 aliphatic heterocycles. The molecular formula is C22H18BrNO6. The largest absolute Gasteiger partial charge is 0.863 e. The number of rotatable bonds is 5. The van der Waals surface area contributed by atoms with Gasteiger partial charge in [-0.1, -0.05) is 18.2 Å². The van der Waals surface area contributed by atoms with E-state index in [-0.39, 0.29) is 0 Å². The minimum atomic E-state index is -1.17. The Labute approximate surface area is 181 Å². The molecule has 0 saturated carbocycles. The van der Waals surface area contributed by atoms with E-state index in [0.717, 1.165) is 25.0 Å². The molecule has 0 aliphatic carbocycles. The molecule has 0 bridgehead atoms. The molecule has 0 aliphatic rings. The van der Waals surface area contributed by atoms with Gasteiger partial charge in [0.1, 0.15) is 5.75 Å². The van der Waals surface area contributed by atoms with Crippen LogP contribution in [0.4, 0.5) is 0 Å². The van der Waals surface area contributed by atoms with Gasteiger partial charge < -0.3 is 19.3 Å². The quantitative estimate of drug-likeness (QED) is 0.245. The van der Waals surface area contributed by atoms with Gasteiger partial charge in [-0.3, -0.25) is 0 Å². The van der Waals surface area contributed by atoms with Crippen LogP contribution in [-0.2, 0) is 19.1 Å². The van der Waals surface area contributed by atoms with E-state index in [0.29, 0.717) is 21.5 Å². The molecule has 3 aromatic rings. The number of fused-ring (bicyclic) bond motifs is 1. The maximum absolute atomic E-state index is 12.7. The molecule has 7 nitrogen and oxygen atoms in total. The molecule has 3 rings (SSSR count). The summed E-state index contributed by atoms with van der Waals surface area (Å²) in [6.07, 6.45) is 1.60. The average molecular weight is 472 g/mol. The minimum absolute atomic E-state index is 0.481. The molecule has 154 valence electrons. The first-order valence-corrected chi connectivity index (χ1v) is 9.57. The first kappa shape index (κ1) is 21.3. The first-order valence-electron chi connectivity index (χ1n) is 8.78. The number of ether oxygens (including phenoxy) is 3. The van der Waals surface area contributed by atoms with E-state index in [9.17, 15) is 14.7 Å². The lowest BCUT2D eigenvalue weighted by Crippen LogP contribution is -2.43. The van der Waals surface area contributed by atoms with Gasteiger partial charge in [0.2, 0.25) is 5.69 Å². The summed E-state index contributed by atoms with van der Waals surface area (Å²) < 4.78 is 16.5. The zero-order valence-corrected chi connectivity index (χ0v) is 18.1. The van der Waals surface area contributed by atoms with Crippen LogP contribution in [0, 0.1) is 0 Å². The maximum atomic E-state index is 12.7. The molecular weight excluding hydrogens is 454 g/mol. The van der Waals surface area contributed by atoms with Crippen LogP contribution in [0.5, 0.6) is 5.75 Å². The van der Waals surface area contributed by atoms with Crippen molar-refractivity contribution in [1.29, 1.82) is 0 Å². The van der Waals surface area contributed by atoms with E-state index in [1.165, 1.54) is 4.57 Å². The monoisotopic (exact) mass is 471 g/mol. The zero-order valence-electron chi connectivity index (χ0n) is 16.5. The van der Waals surface area contributed by atoms with Gasteiger partial charge in [0.15, 0.2) is 6.20 Å². The Bertz CT molecular complexity index is 1150. The number of esters is 2. The molecule has 0 radical (unpaired) electrons.